The van der Waals surface area contributed by atoms with E-state index in [9.17, 15) is 0 Å². The number of rotatable bonds is 8. The van der Waals surface area contributed by atoms with Crippen LogP contribution in [-0.2, 0) is 38.5 Å². The van der Waals surface area contributed by atoms with Crippen molar-refractivity contribution in [2.75, 3.05) is 0 Å². The molecular formula is C24H35P. The second-order valence-corrected chi connectivity index (χ2v) is 8.07. The van der Waals surface area contributed by atoms with Gasteiger partial charge < -0.3 is 0 Å². The van der Waals surface area contributed by atoms with E-state index < -0.39 is 0 Å². The summed E-state index contributed by atoms with van der Waals surface area (Å²) in [5.41, 5.74) is 9.26. The van der Waals surface area contributed by atoms with Gasteiger partial charge in [0.2, 0.25) is 0 Å². The lowest BCUT2D eigenvalue weighted by molar-refractivity contribution is 1.05. The molecule has 2 aromatic carbocycles. The first-order chi connectivity index (χ1) is 12.1. The Balaban J connectivity index is 2.59. The predicted molar refractivity (Wildman–Crippen MR) is 117 cm³/mol. The Kier molecular flexibility index (Phi) is 7.70. The van der Waals surface area contributed by atoms with E-state index in [4.69, 9.17) is 0 Å². The fourth-order valence-corrected chi connectivity index (χ4v) is 5.54. The molecule has 0 N–H and O–H groups in total. The van der Waals surface area contributed by atoms with Gasteiger partial charge in [0.1, 0.15) is 0 Å². The van der Waals surface area contributed by atoms with Gasteiger partial charge in [-0.3, -0.25) is 0 Å². The van der Waals surface area contributed by atoms with Crippen LogP contribution in [0.1, 0.15) is 74.9 Å². The van der Waals surface area contributed by atoms with Crippen LogP contribution in [0.5, 0.6) is 0 Å². The Morgan fingerprint density at radius 2 is 0.760 bits per heavy atom. The molecule has 0 saturated carbocycles. The van der Waals surface area contributed by atoms with Crippen LogP contribution in [0.3, 0.4) is 0 Å². The monoisotopic (exact) mass is 354 g/mol. The highest BCUT2D eigenvalue weighted by molar-refractivity contribution is 7.56. The van der Waals surface area contributed by atoms with Gasteiger partial charge in [0, 0.05) is 0 Å². The fourth-order valence-electron chi connectivity index (χ4n) is 3.65. The normalized spacial score (nSPS) is 11.1. The maximum absolute atomic E-state index is 2.46. The van der Waals surface area contributed by atoms with Crippen LogP contribution in [0.25, 0.3) is 0 Å². The molecular weight excluding hydrogens is 319 g/mol. The van der Waals surface area contributed by atoms with Gasteiger partial charge in [0.15, 0.2) is 0 Å². The third-order valence-electron chi connectivity index (χ3n) is 5.31. The van der Waals surface area contributed by atoms with Gasteiger partial charge in [0.05, 0.1) is 0 Å². The molecule has 0 atom stereocenters. The summed E-state index contributed by atoms with van der Waals surface area (Å²) >= 11 is 0. The molecule has 0 saturated heterocycles. The molecule has 0 aliphatic carbocycles. The average molecular weight is 355 g/mol. The maximum atomic E-state index is 2.46. The van der Waals surface area contributed by atoms with Crippen molar-refractivity contribution in [3.8, 4) is 0 Å². The van der Waals surface area contributed by atoms with E-state index in [0.717, 1.165) is 47.1 Å². The third kappa shape index (κ3) is 4.53. The number of hydrogen-bond acceptors (Lipinski definition) is 0. The van der Waals surface area contributed by atoms with E-state index in [1.165, 1.54) is 11.1 Å². The van der Waals surface area contributed by atoms with Crippen molar-refractivity contribution in [1.29, 1.82) is 0 Å². The summed E-state index contributed by atoms with van der Waals surface area (Å²) in [7, 11) is 0.795. The van der Waals surface area contributed by atoms with Crippen LogP contribution in [0, 0.1) is 0 Å². The third-order valence-corrected chi connectivity index (χ3v) is 7.10. The molecule has 0 amide bonds. The Morgan fingerprint density at radius 3 is 0.960 bits per heavy atom. The lowest BCUT2D eigenvalue weighted by Gasteiger charge is -2.20. The summed E-state index contributed by atoms with van der Waals surface area (Å²) in [5, 5.41) is 3.24. The van der Waals surface area contributed by atoms with Crippen molar-refractivity contribution < 1.29 is 0 Å². The summed E-state index contributed by atoms with van der Waals surface area (Å²) < 4.78 is 0. The summed E-state index contributed by atoms with van der Waals surface area (Å²) in [4.78, 5) is 0. The summed E-state index contributed by atoms with van der Waals surface area (Å²) in [6.07, 6.45) is 6.82. The molecule has 0 heterocycles. The predicted octanol–water partition coefficient (Wildman–Crippen LogP) is 5.69. The van der Waals surface area contributed by atoms with Gasteiger partial charge in [0.25, 0.3) is 0 Å². The summed E-state index contributed by atoms with van der Waals surface area (Å²) in [5.74, 6) is 0. The van der Waals surface area contributed by atoms with E-state index in [1.54, 1.807) is 32.9 Å². The molecule has 1 heteroatoms. The van der Waals surface area contributed by atoms with Gasteiger partial charge in [-0.15, -0.1) is 0 Å². The van der Waals surface area contributed by atoms with E-state index in [-0.39, 0.29) is 0 Å². The molecule has 0 radical (unpaired) electrons. The first-order valence-corrected chi connectivity index (χ1v) is 11.2. The van der Waals surface area contributed by atoms with E-state index in [2.05, 4.69) is 65.8 Å². The zero-order valence-corrected chi connectivity index (χ0v) is 18.1. The summed E-state index contributed by atoms with van der Waals surface area (Å²) in [6.45, 7) is 13.8. The molecule has 2 aromatic rings. The highest BCUT2D eigenvalue weighted by Crippen LogP contribution is 2.25. The van der Waals surface area contributed by atoms with E-state index in [1.807, 2.05) is 0 Å². The molecule has 0 fully saturated rings. The Hall–Kier alpha value is -1.13. The van der Waals surface area contributed by atoms with Gasteiger partial charge in [-0.25, -0.2) is 0 Å². The van der Waals surface area contributed by atoms with Crippen molar-refractivity contribution in [1.82, 2.24) is 0 Å². The lowest BCUT2D eigenvalue weighted by Crippen LogP contribution is -2.20. The van der Waals surface area contributed by atoms with Crippen LogP contribution in [0.4, 0.5) is 0 Å². The lowest BCUT2D eigenvalue weighted by atomic mass is 10.0. The topological polar surface area (TPSA) is 0 Å². The minimum absolute atomic E-state index is 0.795. The van der Waals surface area contributed by atoms with Crippen molar-refractivity contribution in [2.45, 2.75) is 80.1 Å². The largest absolute Gasteiger partial charge is 0.0613 e. The first kappa shape index (κ1) is 20.2. The summed E-state index contributed by atoms with van der Waals surface area (Å²) in [6, 6.07) is 9.83. The number of aryl methyl sites for hydroxylation is 6. The first-order valence-electron chi connectivity index (χ1n) is 10.2. The molecule has 0 unspecified atom stereocenters. The van der Waals surface area contributed by atoms with Crippen molar-refractivity contribution in [3.05, 3.63) is 57.6 Å². The molecule has 0 aromatic heterocycles. The number of hydrogen-bond donors (Lipinski definition) is 0. The zero-order valence-electron chi connectivity index (χ0n) is 17.1. The van der Waals surface area contributed by atoms with Crippen LogP contribution >= 0.6 is 8.58 Å². The molecule has 2 rings (SSSR count). The highest BCUT2D eigenvalue weighted by atomic mass is 31.1. The Labute approximate surface area is 157 Å². The molecule has 0 aliphatic heterocycles. The minimum Gasteiger partial charge on any atom is -0.0613 e. The van der Waals surface area contributed by atoms with Gasteiger partial charge in [-0.1, -0.05) is 74.4 Å². The second-order valence-electron chi connectivity index (χ2n) is 6.82. The van der Waals surface area contributed by atoms with E-state index >= 15 is 0 Å². The SMILES string of the molecule is CCc1cc(CC)c(Pc2c(CC)cc(CC)cc2CC)c(CC)c1. The smallest absolute Gasteiger partial charge is 0.0162 e. The minimum atomic E-state index is 0.795. The Morgan fingerprint density at radius 1 is 0.480 bits per heavy atom. The second kappa shape index (κ2) is 9.54. The van der Waals surface area contributed by atoms with Gasteiger partial charge in [-0.05, 0) is 82.5 Å². The highest BCUT2D eigenvalue weighted by Gasteiger charge is 2.14. The van der Waals surface area contributed by atoms with Crippen LogP contribution < -0.4 is 10.6 Å². The molecule has 0 nitrogen and oxygen atoms in total. The van der Waals surface area contributed by atoms with Crippen LogP contribution in [0.2, 0.25) is 0 Å². The molecule has 136 valence electrons. The fraction of sp³-hybridized carbons (Fsp3) is 0.500. The van der Waals surface area contributed by atoms with E-state index in [0.29, 0.717) is 0 Å². The van der Waals surface area contributed by atoms with Crippen LogP contribution in [0.15, 0.2) is 24.3 Å². The molecule has 0 bridgehead atoms. The van der Waals surface area contributed by atoms with Crippen molar-refractivity contribution >= 4 is 19.2 Å². The standard InChI is InChI=1S/C24H35P/c1-7-17-13-19(9-3)23(20(10-4)14-17)25-24-21(11-5)15-18(8-2)16-22(24)12-6/h13-16,25H,7-12H2,1-6H3. The maximum Gasteiger partial charge on any atom is -0.0162 e. The molecule has 0 spiro atoms. The van der Waals surface area contributed by atoms with Crippen molar-refractivity contribution in [3.63, 3.8) is 0 Å². The zero-order chi connectivity index (χ0) is 18.4. The van der Waals surface area contributed by atoms with Gasteiger partial charge >= 0.3 is 0 Å². The van der Waals surface area contributed by atoms with Gasteiger partial charge in [-0.2, -0.15) is 0 Å². The van der Waals surface area contributed by atoms with Crippen molar-refractivity contribution in [2.24, 2.45) is 0 Å². The average Bonchev–Trinajstić information content (AvgIpc) is 2.67. The Bertz CT molecular complexity index is 601. The van der Waals surface area contributed by atoms with Crippen LogP contribution in [-0.4, -0.2) is 0 Å². The molecule has 0 aliphatic rings. The molecule has 25 heavy (non-hydrogen) atoms. The quantitative estimate of drug-likeness (QED) is 0.534. The number of benzene rings is 2.